The molecule has 0 aliphatic heterocycles. The van der Waals surface area contributed by atoms with Gasteiger partial charge in [-0.15, -0.1) is 0 Å². The lowest BCUT2D eigenvalue weighted by molar-refractivity contribution is 0.741. The zero-order chi connectivity index (χ0) is 8.65. The van der Waals surface area contributed by atoms with E-state index in [0.29, 0.717) is 0 Å². The summed E-state index contributed by atoms with van der Waals surface area (Å²) in [5.74, 6) is 0. The average molecular weight is 168 g/mol. The second kappa shape index (κ2) is 2.48. The Balaban J connectivity index is 3.15. The van der Waals surface area contributed by atoms with Gasteiger partial charge in [-0.3, -0.25) is 4.68 Å². The minimum atomic E-state index is -1.14. The number of hydrogen-bond acceptors (Lipinski definition) is 1. The predicted octanol–water partition coefficient (Wildman–Crippen LogP) is 1.27. The molecule has 1 rings (SSSR count). The summed E-state index contributed by atoms with van der Waals surface area (Å²) in [4.78, 5) is 0. The van der Waals surface area contributed by atoms with Crippen LogP contribution >= 0.6 is 0 Å². The largest absolute Gasteiger partial charge is 0.273 e. The first-order valence-corrected chi connectivity index (χ1v) is 7.42. The van der Waals surface area contributed by atoms with Crippen molar-refractivity contribution in [2.45, 2.75) is 26.6 Å². The van der Waals surface area contributed by atoms with E-state index in [2.05, 4.69) is 31.7 Å². The van der Waals surface area contributed by atoms with Gasteiger partial charge < -0.3 is 0 Å². The summed E-state index contributed by atoms with van der Waals surface area (Å²) in [5, 5.41) is 5.71. The molecule has 0 atom stereocenters. The van der Waals surface area contributed by atoms with Crippen LogP contribution in [-0.4, -0.2) is 17.9 Å². The van der Waals surface area contributed by atoms with Crippen molar-refractivity contribution in [3.05, 3.63) is 11.9 Å². The summed E-state index contributed by atoms with van der Waals surface area (Å²) in [5.41, 5.74) is 1.32. The summed E-state index contributed by atoms with van der Waals surface area (Å²) >= 11 is 0. The number of aryl methyl sites for hydroxylation is 1. The molecule has 0 radical (unpaired) electrons. The van der Waals surface area contributed by atoms with Crippen molar-refractivity contribution in [2.24, 2.45) is 7.05 Å². The maximum Gasteiger partial charge on any atom is 0.0820 e. The molecule has 0 unspecified atom stereocenters. The number of rotatable bonds is 1. The Labute approximate surface area is 69.2 Å². The van der Waals surface area contributed by atoms with E-state index in [4.69, 9.17) is 0 Å². The van der Waals surface area contributed by atoms with Gasteiger partial charge in [0.1, 0.15) is 0 Å². The molecular formula is C8H16N2Si. The summed E-state index contributed by atoms with van der Waals surface area (Å²) in [6.07, 6.45) is 2.02. The van der Waals surface area contributed by atoms with Crippen LogP contribution in [0.15, 0.2) is 6.20 Å². The third kappa shape index (κ3) is 1.53. The highest BCUT2D eigenvalue weighted by Gasteiger charge is 2.20. The van der Waals surface area contributed by atoms with Crippen molar-refractivity contribution in [1.82, 2.24) is 9.78 Å². The van der Waals surface area contributed by atoms with Gasteiger partial charge in [-0.2, -0.15) is 5.10 Å². The molecule has 1 aromatic heterocycles. The monoisotopic (exact) mass is 168 g/mol. The van der Waals surface area contributed by atoms with Crippen molar-refractivity contribution in [3.8, 4) is 0 Å². The second-order valence-electron chi connectivity index (χ2n) is 4.02. The molecule has 0 saturated carbocycles. The van der Waals surface area contributed by atoms with Crippen LogP contribution in [0, 0.1) is 6.92 Å². The van der Waals surface area contributed by atoms with Crippen LogP contribution < -0.4 is 5.19 Å². The Hall–Kier alpha value is -0.573. The van der Waals surface area contributed by atoms with Gasteiger partial charge in [0.2, 0.25) is 0 Å². The van der Waals surface area contributed by atoms with E-state index in [-0.39, 0.29) is 0 Å². The van der Waals surface area contributed by atoms with Crippen LogP contribution in [-0.2, 0) is 7.05 Å². The highest BCUT2D eigenvalue weighted by atomic mass is 28.3. The maximum absolute atomic E-state index is 4.23. The minimum absolute atomic E-state index is 1.14. The van der Waals surface area contributed by atoms with Crippen LogP contribution in [0.2, 0.25) is 19.6 Å². The van der Waals surface area contributed by atoms with Crippen LogP contribution in [0.5, 0.6) is 0 Å². The highest BCUT2D eigenvalue weighted by Crippen LogP contribution is 2.04. The molecule has 3 heteroatoms. The smallest absolute Gasteiger partial charge is 0.0820 e. The molecule has 1 aromatic rings. The lowest BCUT2D eigenvalue weighted by atomic mass is 10.5. The zero-order valence-corrected chi connectivity index (χ0v) is 8.97. The van der Waals surface area contributed by atoms with Crippen molar-refractivity contribution >= 4 is 13.3 Å². The van der Waals surface area contributed by atoms with Gasteiger partial charge in [-0.25, -0.2) is 0 Å². The SMILES string of the molecule is Cc1c([Si](C)(C)C)cnn1C. The molecule has 0 amide bonds. The first-order chi connectivity index (χ1) is 4.93. The zero-order valence-electron chi connectivity index (χ0n) is 7.97. The van der Waals surface area contributed by atoms with E-state index >= 15 is 0 Å². The minimum Gasteiger partial charge on any atom is -0.273 e. The second-order valence-corrected chi connectivity index (χ2v) is 9.06. The van der Waals surface area contributed by atoms with Gasteiger partial charge in [-0.1, -0.05) is 19.6 Å². The van der Waals surface area contributed by atoms with Crippen molar-refractivity contribution < 1.29 is 0 Å². The van der Waals surface area contributed by atoms with Gasteiger partial charge in [0, 0.05) is 18.9 Å². The Morgan fingerprint density at radius 2 is 1.91 bits per heavy atom. The molecule has 0 bridgehead atoms. The van der Waals surface area contributed by atoms with E-state index in [9.17, 15) is 0 Å². The molecule has 0 fully saturated rings. The molecule has 11 heavy (non-hydrogen) atoms. The van der Waals surface area contributed by atoms with Gasteiger partial charge >= 0.3 is 0 Å². The van der Waals surface area contributed by atoms with Gasteiger partial charge in [0.15, 0.2) is 0 Å². The first kappa shape index (κ1) is 8.52. The molecule has 2 nitrogen and oxygen atoms in total. The van der Waals surface area contributed by atoms with Crippen LogP contribution in [0.25, 0.3) is 0 Å². The quantitative estimate of drug-likeness (QED) is 0.578. The molecule has 0 spiro atoms. The van der Waals surface area contributed by atoms with Gasteiger partial charge in [0.25, 0.3) is 0 Å². The Morgan fingerprint density at radius 1 is 1.36 bits per heavy atom. The molecule has 0 aromatic carbocycles. The van der Waals surface area contributed by atoms with Crippen molar-refractivity contribution in [2.75, 3.05) is 0 Å². The molecule has 0 aliphatic carbocycles. The first-order valence-electron chi connectivity index (χ1n) is 3.92. The number of hydrogen-bond donors (Lipinski definition) is 0. The molecule has 62 valence electrons. The third-order valence-corrected chi connectivity index (χ3v) is 4.15. The molecule has 0 aliphatic rings. The topological polar surface area (TPSA) is 17.8 Å². The third-order valence-electron chi connectivity index (χ3n) is 2.04. The highest BCUT2D eigenvalue weighted by molar-refractivity contribution is 6.88. The van der Waals surface area contributed by atoms with Gasteiger partial charge in [-0.05, 0) is 12.1 Å². The maximum atomic E-state index is 4.23. The summed E-state index contributed by atoms with van der Waals surface area (Å²) in [6.45, 7) is 9.17. The lowest BCUT2D eigenvalue weighted by Crippen LogP contribution is -2.38. The molecule has 0 saturated heterocycles. The fourth-order valence-electron chi connectivity index (χ4n) is 1.24. The van der Waals surface area contributed by atoms with Gasteiger partial charge in [0.05, 0.1) is 8.07 Å². The predicted molar refractivity (Wildman–Crippen MR) is 50.9 cm³/mol. The van der Waals surface area contributed by atoms with Crippen LogP contribution in [0.3, 0.4) is 0 Å². The van der Waals surface area contributed by atoms with E-state index in [0.717, 1.165) is 0 Å². The molecule has 0 N–H and O–H groups in total. The molecule has 1 heterocycles. The summed E-state index contributed by atoms with van der Waals surface area (Å²) in [7, 11) is 0.859. The van der Waals surface area contributed by atoms with Crippen molar-refractivity contribution in [3.63, 3.8) is 0 Å². The molecular weight excluding hydrogens is 152 g/mol. The number of aromatic nitrogens is 2. The fourth-order valence-corrected chi connectivity index (χ4v) is 2.93. The van der Waals surface area contributed by atoms with E-state index in [1.54, 1.807) is 0 Å². The average Bonchev–Trinajstić information content (AvgIpc) is 2.11. The fraction of sp³-hybridized carbons (Fsp3) is 0.625. The standard InChI is InChI=1S/C8H16N2Si/c1-7-8(11(3,4)5)6-9-10(7)2/h6H,1-5H3. The van der Waals surface area contributed by atoms with Crippen molar-refractivity contribution in [1.29, 1.82) is 0 Å². The van der Waals surface area contributed by atoms with Crippen LogP contribution in [0.1, 0.15) is 5.69 Å². The van der Waals surface area contributed by atoms with Crippen LogP contribution in [0.4, 0.5) is 0 Å². The lowest BCUT2D eigenvalue weighted by Gasteiger charge is -2.14. The van der Waals surface area contributed by atoms with E-state index < -0.39 is 8.07 Å². The normalized spacial score (nSPS) is 12.1. The summed E-state index contributed by atoms with van der Waals surface area (Å²) in [6, 6.07) is 0. The Kier molecular flexibility index (Phi) is 1.92. The Morgan fingerprint density at radius 3 is 2.09 bits per heavy atom. The number of nitrogens with zero attached hydrogens (tertiary/aromatic N) is 2. The van der Waals surface area contributed by atoms with E-state index in [1.165, 1.54) is 10.9 Å². The van der Waals surface area contributed by atoms with E-state index in [1.807, 2.05) is 17.9 Å². The Bertz CT molecular complexity index is 258. The summed E-state index contributed by atoms with van der Waals surface area (Å²) < 4.78 is 1.95.